The molecule has 0 heterocycles. The molecular formula is C18H16N2O. The number of carbonyl (C=O) groups is 1. The van der Waals surface area contributed by atoms with Crippen LogP contribution in [0.3, 0.4) is 0 Å². The fraction of sp³-hybridized carbons (Fsp3) is 0.222. The summed E-state index contributed by atoms with van der Waals surface area (Å²) in [5, 5.41) is 11.8. The van der Waals surface area contributed by atoms with Crippen LogP contribution in [0.4, 0.5) is 5.69 Å². The number of aryl methyl sites for hydroxylation is 1. The van der Waals surface area contributed by atoms with Gasteiger partial charge >= 0.3 is 0 Å². The Morgan fingerprint density at radius 1 is 1.19 bits per heavy atom. The van der Waals surface area contributed by atoms with E-state index in [1.165, 1.54) is 5.56 Å². The van der Waals surface area contributed by atoms with Crippen molar-refractivity contribution in [2.75, 3.05) is 5.32 Å². The highest BCUT2D eigenvalue weighted by molar-refractivity contribution is 5.96. The lowest BCUT2D eigenvalue weighted by molar-refractivity contribution is -0.117. The highest BCUT2D eigenvalue weighted by atomic mass is 16.1. The van der Waals surface area contributed by atoms with Gasteiger partial charge in [0.1, 0.15) is 0 Å². The van der Waals surface area contributed by atoms with Crippen molar-refractivity contribution in [2.45, 2.75) is 25.2 Å². The Morgan fingerprint density at radius 3 is 2.90 bits per heavy atom. The Labute approximate surface area is 124 Å². The van der Waals surface area contributed by atoms with E-state index in [2.05, 4.69) is 17.5 Å². The van der Waals surface area contributed by atoms with E-state index in [0.717, 1.165) is 24.8 Å². The highest BCUT2D eigenvalue weighted by Gasteiger charge is 2.26. The van der Waals surface area contributed by atoms with E-state index in [9.17, 15) is 4.79 Å². The quantitative estimate of drug-likeness (QED) is 0.910. The number of carbonyl (C=O) groups excluding carboxylic acids is 1. The van der Waals surface area contributed by atoms with Crippen LogP contribution in [0.25, 0.3) is 0 Å². The number of anilines is 1. The Kier molecular flexibility index (Phi) is 3.70. The van der Waals surface area contributed by atoms with Gasteiger partial charge in [0, 0.05) is 5.69 Å². The SMILES string of the molecule is N#Cc1cccc(NC(=O)C2CCCc3ccccc32)c1. The Bertz CT molecular complexity index is 715. The van der Waals surface area contributed by atoms with Crippen molar-refractivity contribution in [1.82, 2.24) is 0 Å². The van der Waals surface area contributed by atoms with Crippen molar-refractivity contribution in [3.05, 3.63) is 65.2 Å². The maximum atomic E-state index is 12.5. The summed E-state index contributed by atoms with van der Waals surface area (Å²) >= 11 is 0. The first-order valence-electron chi connectivity index (χ1n) is 7.17. The molecule has 1 N–H and O–H groups in total. The van der Waals surface area contributed by atoms with Crippen molar-refractivity contribution in [3.8, 4) is 6.07 Å². The van der Waals surface area contributed by atoms with E-state index < -0.39 is 0 Å². The monoisotopic (exact) mass is 276 g/mol. The molecule has 0 bridgehead atoms. The molecule has 2 aromatic rings. The lowest BCUT2D eigenvalue weighted by Crippen LogP contribution is -2.24. The summed E-state index contributed by atoms with van der Waals surface area (Å²) in [4.78, 5) is 12.5. The van der Waals surface area contributed by atoms with Crippen molar-refractivity contribution in [1.29, 1.82) is 5.26 Å². The van der Waals surface area contributed by atoms with Gasteiger partial charge in [-0.3, -0.25) is 4.79 Å². The predicted molar refractivity (Wildman–Crippen MR) is 81.9 cm³/mol. The number of nitrogens with one attached hydrogen (secondary N) is 1. The molecule has 104 valence electrons. The van der Waals surface area contributed by atoms with Crippen LogP contribution < -0.4 is 5.32 Å². The third-order valence-electron chi connectivity index (χ3n) is 3.95. The zero-order chi connectivity index (χ0) is 14.7. The number of hydrogen-bond donors (Lipinski definition) is 1. The molecule has 0 spiro atoms. The maximum absolute atomic E-state index is 12.5. The van der Waals surface area contributed by atoms with Crippen LogP contribution in [0, 0.1) is 11.3 Å². The molecule has 1 aliphatic rings. The molecule has 3 heteroatoms. The Hall–Kier alpha value is -2.60. The van der Waals surface area contributed by atoms with E-state index in [0.29, 0.717) is 11.3 Å². The Morgan fingerprint density at radius 2 is 2.05 bits per heavy atom. The highest BCUT2D eigenvalue weighted by Crippen LogP contribution is 2.32. The molecule has 21 heavy (non-hydrogen) atoms. The molecule has 1 unspecified atom stereocenters. The number of hydrogen-bond acceptors (Lipinski definition) is 2. The molecule has 1 atom stereocenters. The van der Waals surface area contributed by atoms with Gasteiger partial charge in [0.15, 0.2) is 0 Å². The molecule has 2 aromatic carbocycles. The zero-order valence-corrected chi connectivity index (χ0v) is 11.7. The number of fused-ring (bicyclic) bond motifs is 1. The lowest BCUT2D eigenvalue weighted by atomic mass is 9.82. The van der Waals surface area contributed by atoms with E-state index in [1.54, 1.807) is 18.2 Å². The van der Waals surface area contributed by atoms with Gasteiger partial charge in [-0.1, -0.05) is 30.3 Å². The minimum Gasteiger partial charge on any atom is -0.326 e. The molecule has 0 saturated heterocycles. The van der Waals surface area contributed by atoms with Gasteiger partial charge in [0.25, 0.3) is 0 Å². The van der Waals surface area contributed by atoms with Crippen molar-refractivity contribution < 1.29 is 4.79 Å². The largest absolute Gasteiger partial charge is 0.326 e. The van der Waals surface area contributed by atoms with Gasteiger partial charge in [-0.25, -0.2) is 0 Å². The number of amides is 1. The summed E-state index contributed by atoms with van der Waals surface area (Å²) in [6.45, 7) is 0. The second-order valence-electron chi connectivity index (χ2n) is 5.33. The van der Waals surface area contributed by atoms with E-state index in [-0.39, 0.29) is 11.8 Å². The zero-order valence-electron chi connectivity index (χ0n) is 11.7. The summed E-state index contributed by atoms with van der Waals surface area (Å²) in [5.41, 5.74) is 3.64. The molecule has 1 amide bonds. The second-order valence-corrected chi connectivity index (χ2v) is 5.33. The van der Waals surface area contributed by atoms with Crippen molar-refractivity contribution >= 4 is 11.6 Å². The first-order chi connectivity index (χ1) is 10.3. The molecule has 0 saturated carbocycles. The van der Waals surface area contributed by atoms with Gasteiger partial charge in [0.05, 0.1) is 17.6 Å². The van der Waals surface area contributed by atoms with Crippen LogP contribution in [0.15, 0.2) is 48.5 Å². The third-order valence-corrected chi connectivity index (χ3v) is 3.95. The fourth-order valence-corrected chi connectivity index (χ4v) is 2.92. The van der Waals surface area contributed by atoms with E-state index in [1.807, 2.05) is 24.3 Å². The van der Waals surface area contributed by atoms with Crippen molar-refractivity contribution in [3.63, 3.8) is 0 Å². The van der Waals surface area contributed by atoms with Gasteiger partial charge in [-0.2, -0.15) is 5.26 Å². The fourth-order valence-electron chi connectivity index (χ4n) is 2.92. The summed E-state index contributed by atoms with van der Waals surface area (Å²) in [6.07, 6.45) is 2.96. The van der Waals surface area contributed by atoms with Gasteiger partial charge in [-0.15, -0.1) is 0 Å². The van der Waals surface area contributed by atoms with Crippen LogP contribution in [0.5, 0.6) is 0 Å². The normalized spacial score (nSPS) is 16.6. The molecule has 0 aromatic heterocycles. The molecule has 3 nitrogen and oxygen atoms in total. The summed E-state index contributed by atoms with van der Waals surface area (Å²) in [5.74, 6) is -0.0852. The standard InChI is InChI=1S/C18H16N2O/c19-12-13-5-3-8-15(11-13)20-18(21)17-10-4-7-14-6-1-2-9-16(14)17/h1-3,5-6,8-9,11,17H,4,7,10H2,(H,20,21). The second kappa shape index (κ2) is 5.80. The molecule has 0 aliphatic heterocycles. The van der Waals surface area contributed by atoms with Crippen LogP contribution >= 0.6 is 0 Å². The predicted octanol–water partition coefficient (Wildman–Crippen LogP) is 3.62. The minimum atomic E-state index is -0.0966. The average Bonchev–Trinajstić information content (AvgIpc) is 2.54. The summed E-state index contributed by atoms with van der Waals surface area (Å²) in [6, 6.07) is 17.3. The van der Waals surface area contributed by atoms with Gasteiger partial charge < -0.3 is 5.32 Å². The summed E-state index contributed by atoms with van der Waals surface area (Å²) < 4.78 is 0. The molecular weight excluding hydrogens is 260 g/mol. The average molecular weight is 276 g/mol. The first-order valence-corrected chi connectivity index (χ1v) is 7.17. The lowest BCUT2D eigenvalue weighted by Gasteiger charge is -2.24. The minimum absolute atomic E-state index is 0.0113. The third kappa shape index (κ3) is 2.80. The number of benzene rings is 2. The smallest absolute Gasteiger partial charge is 0.231 e. The molecule has 1 aliphatic carbocycles. The van der Waals surface area contributed by atoms with Gasteiger partial charge in [-0.05, 0) is 48.6 Å². The van der Waals surface area contributed by atoms with Crippen LogP contribution in [-0.2, 0) is 11.2 Å². The van der Waals surface area contributed by atoms with Crippen molar-refractivity contribution in [2.24, 2.45) is 0 Å². The molecule has 0 radical (unpaired) electrons. The van der Waals surface area contributed by atoms with Crippen LogP contribution in [0.2, 0.25) is 0 Å². The Balaban J connectivity index is 1.82. The van der Waals surface area contributed by atoms with Crippen LogP contribution in [0.1, 0.15) is 35.4 Å². The van der Waals surface area contributed by atoms with E-state index >= 15 is 0 Å². The topological polar surface area (TPSA) is 52.9 Å². The van der Waals surface area contributed by atoms with Gasteiger partial charge in [0.2, 0.25) is 5.91 Å². The van der Waals surface area contributed by atoms with E-state index in [4.69, 9.17) is 5.26 Å². The molecule has 3 rings (SSSR count). The van der Waals surface area contributed by atoms with Crippen LogP contribution in [-0.4, -0.2) is 5.91 Å². The number of rotatable bonds is 2. The number of nitrogens with zero attached hydrogens (tertiary/aromatic N) is 1. The summed E-state index contributed by atoms with van der Waals surface area (Å²) in [7, 11) is 0. The maximum Gasteiger partial charge on any atom is 0.231 e. The first kappa shape index (κ1) is 13.4. The number of nitriles is 1. The molecule has 0 fully saturated rings.